The van der Waals surface area contributed by atoms with Crippen molar-refractivity contribution in [1.29, 1.82) is 0 Å². The van der Waals surface area contributed by atoms with Crippen molar-refractivity contribution in [3.8, 4) is 5.75 Å². The normalized spacial score (nSPS) is 9.86. The molecule has 14 heavy (non-hydrogen) atoms. The molecule has 0 aromatic heterocycles. The number of carbonyl (C=O) groups excluding carboxylic acids is 1. The van der Waals surface area contributed by atoms with Gasteiger partial charge in [0.2, 0.25) is 0 Å². The van der Waals surface area contributed by atoms with Crippen molar-refractivity contribution < 1.29 is 14.8 Å². The van der Waals surface area contributed by atoms with Gasteiger partial charge < -0.3 is 5.11 Å². The van der Waals surface area contributed by atoms with E-state index in [9.17, 15) is 20.0 Å². The van der Waals surface area contributed by atoms with E-state index in [1.165, 1.54) is 13.8 Å². The van der Waals surface area contributed by atoms with Crippen LogP contribution in [0.2, 0.25) is 0 Å². The molecular weight excluding hydrogens is 186 g/mol. The first-order chi connectivity index (χ1) is 6.49. The third-order valence-corrected chi connectivity index (χ3v) is 2.19. The van der Waals surface area contributed by atoms with Crippen LogP contribution in [0.3, 0.4) is 0 Å². The topological polar surface area (TPSA) is 80.4 Å². The van der Waals surface area contributed by atoms with E-state index in [1.54, 1.807) is 0 Å². The Hall–Kier alpha value is -1.91. The largest absolute Gasteiger partial charge is 0.507 e. The Morgan fingerprint density at radius 1 is 1.43 bits per heavy atom. The Morgan fingerprint density at radius 3 is 2.43 bits per heavy atom. The van der Waals surface area contributed by atoms with E-state index in [1.807, 2.05) is 0 Å². The lowest BCUT2D eigenvalue weighted by molar-refractivity contribution is -0.385. The van der Waals surface area contributed by atoms with Crippen LogP contribution in [0, 0.1) is 24.0 Å². The second kappa shape index (κ2) is 3.45. The maximum Gasteiger partial charge on any atom is 0.273 e. The molecule has 0 amide bonds. The molecule has 74 valence electrons. The predicted octanol–water partition coefficient (Wildman–Crippen LogP) is 1.73. The van der Waals surface area contributed by atoms with Gasteiger partial charge in [-0.05, 0) is 13.8 Å². The highest BCUT2D eigenvalue weighted by molar-refractivity contribution is 5.82. The maximum absolute atomic E-state index is 10.6. The molecule has 0 aliphatic heterocycles. The standard InChI is InChI=1S/C9H9NO4/c1-5-6(2)9(12)7(4-11)3-8(5)10(13)14/h3-4,12H,1-2H3. The number of aldehydes is 1. The van der Waals surface area contributed by atoms with Crippen LogP contribution in [0.5, 0.6) is 5.75 Å². The molecule has 0 radical (unpaired) electrons. The monoisotopic (exact) mass is 195 g/mol. The summed E-state index contributed by atoms with van der Waals surface area (Å²) >= 11 is 0. The fraction of sp³-hybridized carbons (Fsp3) is 0.222. The van der Waals surface area contributed by atoms with Crippen LogP contribution in [0.15, 0.2) is 6.07 Å². The van der Waals surface area contributed by atoms with Crippen LogP contribution in [-0.2, 0) is 0 Å². The van der Waals surface area contributed by atoms with Gasteiger partial charge in [0.1, 0.15) is 5.75 Å². The zero-order valence-corrected chi connectivity index (χ0v) is 7.77. The number of phenols is 1. The lowest BCUT2D eigenvalue weighted by Gasteiger charge is -2.05. The Kier molecular flexibility index (Phi) is 2.51. The summed E-state index contributed by atoms with van der Waals surface area (Å²) in [5, 5.41) is 20.0. The molecule has 1 rings (SSSR count). The van der Waals surface area contributed by atoms with Gasteiger partial charge in [-0.1, -0.05) is 0 Å². The molecule has 0 fully saturated rings. The summed E-state index contributed by atoms with van der Waals surface area (Å²) in [6.45, 7) is 3.06. The Morgan fingerprint density at radius 2 is 2.00 bits per heavy atom. The summed E-state index contributed by atoms with van der Waals surface area (Å²) in [4.78, 5) is 20.5. The molecule has 1 N–H and O–H groups in total. The van der Waals surface area contributed by atoms with Gasteiger partial charge in [0.05, 0.1) is 10.5 Å². The number of benzene rings is 1. The van der Waals surface area contributed by atoms with Gasteiger partial charge in [0, 0.05) is 17.2 Å². The Balaban J connectivity index is 3.56. The number of aromatic hydroxyl groups is 1. The molecule has 0 unspecified atom stereocenters. The lowest BCUT2D eigenvalue weighted by atomic mass is 10.0. The first-order valence-electron chi connectivity index (χ1n) is 3.91. The highest BCUT2D eigenvalue weighted by Crippen LogP contribution is 2.31. The molecule has 0 heterocycles. The van der Waals surface area contributed by atoms with Gasteiger partial charge in [-0.2, -0.15) is 0 Å². The van der Waals surface area contributed by atoms with Crippen molar-refractivity contribution in [3.05, 3.63) is 32.9 Å². The average molecular weight is 195 g/mol. The van der Waals surface area contributed by atoms with E-state index < -0.39 is 4.92 Å². The van der Waals surface area contributed by atoms with Crippen molar-refractivity contribution in [2.45, 2.75) is 13.8 Å². The van der Waals surface area contributed by atoms with Crippen LogP contribution >= 0.6 is 0 Å². The molecule has 0 spiro atoms. The van der Waals surface area contributed by atoms with Crippen LogP contribution in [0.1, 0.15) is 21.5 Å². The first-order valence-corrected chi connectivity index (χ1v) is 3.91. The molecule has 5 nitrogen and oxygen atoms in total. The number of rotatable bonds is 2. The summed E-state index contributed by atoms with van der Waals surface area (Å²) in [5.74, 6) is -0.192. The summed E-state index contributed by atoms with van der Waals surface area (Å²) < 4.78 is 0. The number of nitrogens with zero attached hydrogens (tertiary/aromatic N) is 1. The Labute approximate surface area is 80.1 Å². The van der Waals surface area contributed by atoms with E-state index in [4.69, 9.17) is 0 Å². The van der Waals surface area contributed by atoms with Gasteiger partial charge in [0.25, 0.3) is 5.69 Å². The van der Waals surface area contributed by atoms with Gasteiger partial charge in [0.15, 0.2) is 6.29 Å². The number of carbonyl (C=O) groups is 1. The van der Waals surface area contributed by atoms with Crippen LogP contribution in [0.25, 0.3) is 0 Å². The number of hydrogen-bond acceptors (Lipinski definition) is 4. The SMILES string of the molecule is Cc1c([N+](=O)[O-])cc(C=O)c(O)c1C. The third kappa shape index (κ3) is 1.44. The number of phenolic OH excluding ortho intramolecular Hbond substituents is 1. The second-order valence-corrected chi connectivity index (χ2v) is 2.96. The van der Waals surface area contributed by atoms with Crippen molar-refractivity contribution >= 4 is 12.0 Å². The second-order valence-electron chi connectivity index (χ2n) is 2.96. The van der Waals surface area contributed by atoms with Crippen LogP contribution < -0.4 is 0 Å². The number of nitro groups is 1. The summed E-state index contributed by atoms with van der Waals surface area (Å²) in [6.07, 6.45) is 0.398. The molecule has 0 saturated heterocycles. The average Bonchev–Trinajstić information content (AvgIpc) is 2.14. The molecule has 0 bridgehead atoms. The number of nitro benzene ring substituents is 1. The van der Waals surface area contributed by atoms with Gasteiger partial charge >= 0.3 is 0 Å². The highest BCUT2D eigenvalue weighted by atomic mass is 16.6. The smallest absolute Gasteiger partial charge is 0.273 e. The quantitative estimate of drug-likeness (QED) is 0.442. The maximum atomic E-state index is 10.6. The molecule has 1 aromatic rings. The highest BCUT2D eigenvalue weighted by Gasteiger charge is 2.18. The van der Waals surface area contributed by atoms with Crippen LogP contribution in [0.4, 0.5) is 5.69 Å². The van der Waals surface area contributed by atoms with Crippen molar-refractivity contribution in [2.24, 2.45) is 0 Å². The number of hydrogen-bond donors (Lipinski definition) is 1. The fourth-order valence-electron chi connectivity index (χ4n) is 1.19. The van der Waals surface area contributed by atoms with Gasteiger partial charge in [-0.3, -0.25) is 14.9 Å². The molecule has 0 aliphatic rings. The molecule has 1 aromatic carbocycles. The molecule has 0 aliphatic carbocycles. The Bertz CT molecular complexity index is 412. The summed E-state index contributed by atoms with van der Waals surface area (Å²) in [7, 11) is 0. The lowest BCUT2D eigenvalue weighted by Crippen LogP contribution is -1.97. The van der Waals surface area contributed by atoms with Crippen molar-refractivity contribution in [3.63, 3.8) is 0 Å². The van der Waals surface area contributed by atoms with Crippen molar-refractivity contribution in [1.82, 2.24) is 0 Å². The first kappa shape index (κ1) is 10.2. The van der Waals surface area contributed by atoms with Crippen molar-refractivity contribution in [2.75, 3.05) is 0 Å². The third-order valence-electron chi connectivity index (χ3n) is 2.19. The fourth-order valence-corrected chi connectivity index (χ4v) is 1.19. The summed E-state index contributed by atoms with van der Waals surface area (Å²) in [5.41, 5.74) is 0.529. The molecule has 0 saturated carbocycles. The van der Waals surface area contributed by atoms with Gasteiger partial charge in [-0.25, -0.2) is 0 Å². The summed E-state index contributed by atoms with van der Waals surface area (Å²) in [6, 6.07) is 1.07. The molecule has 0 atom stereocenters. The predicted molar refractivity (Wildman–Crippen MR) is 49.6 cm³/mol. The van der Waals surface area contributed by atoms with Gasteiger partial charge in [-0.15, -0.1) is 0 Å². The minimum atomic E-state index is -0.575. The van der Waals surface area contributed by atoms with E-state index in [0.29, 0.717) is 17.4 Å². The van der Waals surface area contributed by atoms with Crippen LogP contribution in [-0.4, -0.2) is 16.3 Å². The zero-order chi connectivity index (χ0) is 10.9. The zero-order valence-electron chi connectivity index (χ0n) is 7.77. The van der Waals surface area contributed by atoms with E-state index >= 15 is 0 Å². The minimum Gasteiger partial charge on any atom is -0.507 e. The van der Waals surface area contributed by atoms with E-state index in [0.717, 1.165) is 6.07 Å². The van der Waals surface area contributed by atoms with E-state index in [-0.39, 0.29) is 17.0 Å². The molecular formula is C9H9NO4. The van der Waals surface area contributed by atoms with E-state index in [2.05, 4.69) is 0 Å². The molecule has 5 heteroatoms. The minimum absolute atomic E-state index is 0.0557.